The lowest BCUT2D eigenvalue weighted by Crippen LogP contribution is -2.12. The average molecular weight is 879 g/mol. The summed E-state index contributed by atoms with van der Waals surface area (Å²) in [7, 11) is -0.775. The highest BCUT2D eigenvalue weighted by atomic mass is 31.1. The topological polar surface area (TPSA) is 0 Å². The second-order valence-electron chi connectivity index (χ2n) is 16.4. The fraction of sp³-hybridized carbons (Fsp3) is 0.0606. The molecule has 67 heavy (non-hydrogen) atoms. The molecule has 0 saturated heterocycles. The maximum Gasteiger partial charge on any atom is -0.000741 e. The lowest BCUT2D eigenvalue weighted by atomic mass is 9.82. The van der Waals surface area contributed by atoms with E-state index in [1.54, 1.807) is 0 Å². The first-order valence-electron chi connectivity index (χ1n) is 23.4. The second-order valence-corrected chi connectivity index (χ2v) is 18.6. The van der Waals surface area contributed by atoms with E-state index in [1.165, 1.54) is 104 Å². The zero-order chi connectivity index (χ0) is 46.3. The highest BCUT2D eigenvalue weighted by Gasteiger charge is 2.31. The van der Waals surface area contributed by atoms with Crippen LogP contribution in [0.2, 0.25) is 0 Å². The molecule has 0 aromatic heterocycles. The molecule has 9 aromatic rings. The van der Waals surface area contributed by atoms with Crippen molar-refractivity contribution < 1.29 is 0 Å². The van der Waals surface area contributed by atoms with Crippen LogP contribution in [-0.2, 0) is 0 Å². The summed E-state index contributed by atoms with van der Waals surface area (Å²) in [4.78, 5) is 0. The molecule has 1 heteroatoms. The molecule has 0 spiro atoms. The highest BCUT2D eigenvalue weighted by molar-refractivity contribution is 7.77. The Labute approximate surface area is 398 Å². The van der Waals surface area contributed by atoms with E-state index in [0.717, 1.165) is 11.1 Å². The van der Waals surface area contributed by atoms with Crippen molar-refractivity contribution in [3.8, 4) is 66.8 Å². The SMILES string of the molecule is C=C/C=C(\C=C/C)c1ccc(-c2c3c(c(-c4ccc(-c5ccccc5)cc4)c4ccccc24)-c2ccc(-c4ccc(P(C(/C=C\C)=C/C=C)c5ccccc5)cc4)c4cccc-3c24)cc1.CC. The second kappa shape index (κ2) is 20.3. The van der Waals surface area contributed by atoms with E-state index in [1.807, 2.05) is 26.0 Å². The van der Waals surface area contributed by atoms with Crippen molar-refractivity contribution in [2.75, 3.05) is 0 Å². The predicted octanol–water partition coefficient (Wildman–Crippen LogP) is 18.6. The molecular formula is C66H55P. The maximum atomic E-state index is 4.06. The number of benzene rings is 9. The summed E-state index contributed by atoms with van der Waals surface area (Å²) in [6, 6.07) is 69.9. The van der Waals surface area contributed by atoms with Gasteiger partial charge in [0.05, 0.1) is 0 Å². The predicted molar refractivity (Wildman–Crippen MR) is 298 cm³/mol. The Morgan fingerprint density at radius 3 is 1.46 bits per heavy atom. The quantitative estimate of drug-likeness (QED) is 0.0847. The zero-order valence-electron chi connectivity index (χ0n) is 38.9. The summed E-state index contributed by atoms with van der Waals surface area (Å²) in [5.41, 5.74) is 17.3. The van der Waals surface area contributed by atoms with Crippen LogP contribution in [0.4, 0.5) is 0 Å². The Morgan fingerprint density at radius 1 is 0.388 bits per heavy atom. The molecule has 1 unspecified atom stereocenters. The van der Waals surface area contributed by atoms with Gasteiger partial charge in [0.15, 0.2) is 0 Å². The van der Waals surface area contributed by atoms with Gasteiger partial charge in [0, 0.05) is 0 Å². The Bertz CT molecular complexity index is 3360. The molecule has 0 fully saturated rings. The van der Waals surface area contributed by atoms with Crippen LogP contribution in [0.15, 0.2) is 255 Å². The van der Waals surface area contributed by atoms with E-state index >= 15 is 0 Å². The Kier molecular flexibility index (Phi) is 13.5. The third-order valence-electron chi connectivity index (χ3n) is 12.6. The smallest absolute Gasteiger partial charge is 0.000741 e. The van der Waals surface area contributed by atoms with Gasteiger partial charge in [-0.3, -0.25) is 0 Å². The highest BCUT2D eigenvalue weighted by Crippen LogP contribution is 2.58. The number of hydrogen-bond donors (Lipinski definition) is 0. The summed E-state index contributed by atoms with van der Waals surface area (Å²) in [6.07, 6.45) is 16.6. The molecule has 0 radical (unpaired) electrons. The van der Waals surface area contributed by atoms with E-state index in [9.17, 15) is 0 Å². The zero-order valence-corrected chi connectivity index (χ0v) is 39.8. The largest absolute Gasteiger partial charge is 0.0990 e. The van der Waals surface area contributed by atoms with E-state index in [2.05, 4.69) is 252 Å². The first-order chi connectivity index (χ1) is 33.1. The molecule has 0 amide bonds. The summed E-state index contributed by atoms with van der Waals surface area (Å²) >= 11 is 0. The van der Waals surface area contributed by atoms with Crippen LogP contribution < -0.4 is 10.6 Å². The summed E-state index contributed by atoms with van der Waals surface area (Å²) in [5, 5.41) is 8.96. The molecule has 1 aliphatic carbocycles. The van der Waals surface area contributed by atoms with Gasteiger partial charge in [-0.25, -0.2) is 0 Å². The molecule has 0 nitrogen and oxygen atoms in total. The van der Waals surface area contributed by atoms with E-state index in [0.29, 0.717) is 0 Å². The molecule has 1 aliphatic rings. The number of hydrogen-bond acceptors (Lipinski definition) is 0. The fourth-order valence-electron chi connectivity index (χ4n) is 9.81. The van der Waals surface area contributed by atoms with Gasteiger partial charge >= 0.3 is 0 Å². The van der Waals surface area contributed by atoms with E-state index in [-0.39, 0.29) is 0 Å². The average Bonchev–Trinajstić information content (AvgIpc) is 3.72. The minimum atomic E-state index is -0.775. The lowest BCUT2D eigenvalue weighted by Gasteiger charge is -2.21. The molecule has 0 heterocycles. The van der Waals surface area contributed by atoms with Crippen molar-refractivity contribution in [3.05, 3.63) is 261 Å². The standard InChI is InChI=1S/C64H49P.C2H6/c1-5-18-44(19-6-2)46-30-34-49(35-31-46)60-56-26-15-16-27-57(56)61(50-36-32-47(33-37-50)45-22-11-9-12-23-45)64-59-43-42-54(55-28-17-29-58(62(55)59)63(60)64)48-38-40-53(41-39-48)65(51(20-7-3)21-8-4)52-24-13-10-14-25-52;1-2/h5-43H,1,3H2,2,4H3;1-2H3/b19-6-,21-8-,44-18+,51-20+;. The van der Waals surface area contributed by atoms with Gasteiger partial charge < -0.3 is 0 Å². The Morgan fingerprint density at radius 2 is 0.866 bits per heavy atom. The van der Waals surface area contributed by atoms with Gasteiger partial charge in [-0.1, -0.05) is 264 Å². The van der Waals surface area contributed by atoms with E-state index in [4.69, 9.17) is 0 Å². The van der Waals surface area contributed by atoms with Crippen LogP contribution in [0.5, 0.6) is 0 Å². The lowest BCUT2D eigenvalue weighted by molar-refractivity contribution is 1.50. The minimum absolute atomic E-state index is 0.775. The van der Waals surface area contributed by atoms with Gasteiger partial charge in [0.2, 0.25) is 0 Å². The number of allylic oxidation sites excluding steroid dienone is 10. The van der Waals surface area contributed by atoms with Gasteiger partial charge in [0.25, 0.3) is 0 Å². The van der Waals surface area contributed by atoms with E-state index < -0.39 is 7.92 Å². The molecule has 0 N–H and O–H groups in total. The molecule has 9 aromatic carbocycles. The van der Waals surface area contributed by atoms with Crippen LogP contribution in [0.25, 0.3) is 93.9 Å². The van der Waals surface area contributed by atoms with Crippen LogP contribution in [-0.4, -0.2) is 0 Å². The maximum absolute atomic E-state index is 4.06. The van der Waals surface area contributed by atoms with Crippen LogP contribution in [0.1, 0.15) is 33.3 Å². The summed E-state index contributed by atoms with van der Waals surface area (Å²) in [5.74, 6) is 0. The van der Waals surface area contributed by atoms with Crippen molar-refractivity contribution in [1.29, 1.82) is 0 Å². The van der Waals surface area contributed by atoms with Crippen molar-refractivity contribution >= 4 is 45.6 Å². The van der Waals surface area contributed by atoms with Crippen LogP contribution >= 0.6 is 7.92 Å². The molecule has 10 rings (SSSR count). The molecule has 0 bridgehead atoms. The normalized spacial score (nSPS) is 12.6. The Balaban J connectivity index is 0.00000278. The molecule has 0 aliphatic heterocycles. The van der Waals surface area contributed by atoms with Crippen molar-refractivity contribution in [1.82, 2.24) is 0 Å². The van der Waals surface area contributed by atoms with Crippen molar-refractivity contribution in [2.45, 2.75) is 27.7 Å². The number of fused-ring (bicyclic) bond motifs is 4. The molecule has 1 atom stereocenters. The fourth-order valence-corrected chi connectivity index (χ4v) is 12.2. The third kappa shape index (κ3) is 8.43. The van der Waals surface area contributed by atoms with Crippen molar-refractivity contribution in [3.63, 3.8) is 0 Å². The summed E-state index contributed by atoms with van der Waals surface area (Å²) in [6.45, 7) is 16.2. The molecule has 324 valence electrons. The molecular weight excluding hydrogens is 824 g/mol. The van der Waals surface area contributed by atoms with Gasteiger partial charge in [-0.15, -0.1) is 0 Å². The van der Waals surface area contributed by atoms with Crippen LogP contribution in [0.3, 0.4) is 0 Å². The minimum Gasteiger partial charge on any atom is -0.0990 e. The number of rotatable bonds is 12. The van der Waals surface area contributed by atoms with Crippen LogP contribution in [0, 0.1) is 0 Å². The third-order valence-corrected chi connectivity index (χ3v) is 15.0. The monoisotopic (exact) mass is 878 g/mol. The van der Waals surface area contributed by atoms with Gasteiger partial charge in [-0.05, 0) is 137 Å². The molecule has 0 saturated carbocycles. The first kappa shape index (κ1) is 44.6. The van der Waals surface area contributed by atoms with Crippen molar-refractivity contribution in [2.24, 2.45) is 0 Å². The van der Waals surface area contributed by atoms with Gasteiger partial charge in [-0.2, -0.15) is 0 Å². The Hall–Kier alpha value is -7.63. The summed E-state index contributed by atoms with van der Waals surface area (Å²) < 4.78 is 0. The first-order valence-corrected chi connectivity index (χ1v) is 24.7. The van der Waals surface area contributed by atoms with Gasteiger partial charge in [0.1, 0.15) is 0 Å².